The highest BCUT2D eigenvalue weighted by Gasteiger charge is 2.43. The van der Waals surface area contributed by atoms with E-state index in [0.29, 0.717) is 16.3 Å². The molecule has 4 heterocycles. The average Bonchev–Trinajstić information content (AvgIpc) is 3.18. The van der Waals surface area contributed by atoms with Gasteiger partial charge in [0.25, 0.3) is 5.91 Å². The number of halogens is 1. The first-order valence-corrected chi connectivity index (χ1v) is 11.9. The fraction of sp³-hybridized carbons (Fsp3) is 0.308. The molecule has 6 rings (SSSR count). The van der Waals surface area contributed by atoms with Gasteiger partial charge in [-0.15, -0.1) is 0 Å². The van der Waals surface area contributed by atoms with Crippen LogP contribution in [0.2, 0.25) is 5.02 Å². The van der Waals surface area contributed by atoms with Crippen LogP contribution in [-0.2, 0) is 13.5 Å². The van der Waals surface area contributed by atoms with Crippen LogP contribution in [0.15, 0.2) is 48.8 Å². The minimum absolute atomic E-state index is 0.0320. The Bertz CT molecular complexity index is 1430. The Hall–Kier alpha value is -3.45. The number of piperidine rings is 1. The second-order valence-corrected chi connectivity index (χ2v) is 9.43. The molecule has 2 aromatic carbocycles. The lowest BCUT2D eigenvalue weighted by Crippen LogP contribution is -2.49. The first-order chi connectivity index (χ1) is 16.5. The summed E-state index contributed by atoms with van der Waals surface area (Å²) in [7, 11) is 3.60. The monoisotopic (exact) mass is 473 g/mol. The molecule has 1 saturated heterocycles. The molecular formula is C26H24ClN5O2. The number of amides is 1. The van der Waals surface area contributed by atoms with Crippen molar-refractivity contribution in [1.82, 2.24) is 24.6 Å². The zero-order chi connectivity index (χ0) is 23.4. The number of benzene rings is 2. The quantitative estimate of drug-likeness (QED) is 0.419. The number of aromatic nitrogens is 4. The van der Waals surface area contributed by atoms with Crippen molar-refractivity contribution in [2.75, 3.05) is 7.11 Å². The molecular weight excluding hydrogens is 450 g/mol. The van der Waals surface area contributed by atoms with Gasteiger partial charge in [0.15, 0.2) is 0 Å². The van der Waals surface area contributed by atoms with Gasteiger partial charge in [-0.25, -0.2) is 0 Å². The number of nitrogens with zero attached hydrogens (tertiary/aromatic N) is 5. The Kier molecular flexibility index (Phi) is 5.03. The Labute approximate surface area is 202 Å². The van der Waals surface area contributed by atoms with E-state index in [2.05, 4.69) is 14.9 Å². The van der Waals surface area contributed by atoms with Crippen molar-refractivity contribution in [1.29, 1.82) is 0 Å². The maximum atomic E-state index is 13.8. The van der Waals surface area contributed by atoms with Crippen LogP contribution in [0.25, 0.3) is 22.3 Å². The summed E-state index contributed by atoms with van der Waals surface area (Å²) in [6, 6.07) is 11.4. The molecule has 1 amide bonds. The SMILES string of the molecule is COc1cc(Cl)cc(-c2c3c(nn2C)C2CCCC(C3)N2C(=O)c2ccc3nccnc3c2)c1. The Morgan fingerprint density at radius 1 is 1.09 bits per heavy atom. The summed E-state index contributed by atoms with van der Waals surface area (Å²) in [5.74, 6) is 0.745. The lowest BCUT2D eigenvalue weighted by Gasteiger charge is -2.45. The Balaban J connectivity index is 1.42. The van der Waals surface area contributed by atoms with Gasteiger partial charge in [0.1, 0.15) is 5.75 Å². The average molecular weight is 474 g/mol. The summed E-state index contributed by atoms with van der Waals surface area (Å²) in [6.07, 6.45) is 7.04. The molecule has 2 aliphatic heterocycles. The van der Waals surface area contributed by atoms with Gasteiger partial charge in [0.2, 0.25) is 0 Å². The topological polar surface area (TPSA) is 73.1 Å². The molecule has 2 aromatic heterocycles. The minimum atomic E-state index is -0.0476. The van der Waals surface area contributed by atoms with Gasteiger partial charge >= 0.3 is 0 Å². The van der Waals surface area contributed by atoms with E-state index in [0.717, 1.165) is 53.7 Å². The molecule has 4 aromatic rings. The molecule has 8 heteroatoms. The van der Waals surface area contributed by atoms with Crippen molar-refractivity contribution in [2.45, 2.75) is 37.8 Å². The Morgan fingerprint density at radius 2 is 1.91 bits per heavy atom. The molecule has 0 aliphatic carbocycles. The minimum Gasteiger partial charge on any atom is -0.497 e. The van der Waals surface area contributed by atoms with Crippen LogP contribution in [-0.4, -0.2) is 43.7 Å². The van der Waals surface area contributed by atoms with Crippen LogP contribution in [0.5, 0.6) is 5.75 Å². The summed E-state index contributed by atoms with van der Waals surface area (Å²) in [4.78, 5) is 24.5. The maximum Gasteiger partial charge on any atom is 0.254 e. The lowest BCUT2D eigenvalue weighted by atomic mass is 9.81. The van der Waals surface area contributed by atoms with Gasteiger partial charge in [-0.1, -0.05) is 11.6 Å². The van der Waals surface area contributed by atoms with Crippen LogP contribution in [0.4, 0.5) is 0 Å². The molecule has 7 nitrogen and oxygen atoms in total. The van der Waals surface area contributed by atoms with Crippen molar-refractivity contribution >= 4 is 28.5 Å². The van der Waals surface area contributed by atoms with Crippen LogP contribution in [0, 0.1) is 0 Å². The summed E-state index contributed by atoms with van der Waals surface area (Å²) in [5, 5.41) is 5.55. The van der Waals surface area contributed by atoms with Crippen molar-refractivity contribution in [3.05, 3.63) is 70.6 Å². The highest BCUT2D eigenvalue weighted by molar-refractivity contribution is 6.31. The smallest absolute Gasteiger partial charge is 0.254 e. The van der Waals surface area contributed by atoms with E-state index in [1.165, 1.54) is 5.56 Å². The van der Waals surface area contributed by atoms with E-state index in [9.17, 15) is 4.79 Å². The highest BCUT2D eigenvalue weighted by Crippen LogP contribution is 2.45. The largest absolute Gasteiger partial charge is 0.497 e. The van der Waals surface area contributed by atoms with Crippen LogP contribution in [0.1, 0.15) is 46.9 Å². The second-order valence-electron chi connectivity index (χ2n) is 8.99. The predicted octanol–water partition coefficient (Wildman–Crippen LogP) is 4.98. The zero-order valence-electron chi connectivity index (χ0n) is 19.0. The van der Waals surface area contributed by atoms with Crippen molar-refractivity contribution in [2.24, 2.45) is 7.05 Å². The third-order valence-electron chi connectivity index (χ3n) is 7.01. The number of hydrogen-bond donors (Lipinski definition) is 0. The molecule has 0 radical (unpaired) electrons. The number of rotatable bonds is 3. The predicted molar refractivity (Wildman–Crippen MR) is 130 cm³/mol. The number of methoxy groups -OCH3 is 1. The number of hydrogen-bond acceptors (Lipinski definition) is 5. The number of carbonyl (C=O) groups excluding carboxylic acids is 1. The molecule has 2 aliphatic rings. The molecule has 1 fully saturated rings. The van der Waals surface area contributed by atoms with E-state index in [1.54, 1.807) is 25.6 Å². The number of fused-ring (bicyclic) bond motifs is 5. The maximum absolute atomic E-state index is 13.8. The third kappa shape index (κ3) is 3.34. The van der Waals surface area contributed by atoms with E-state index in [1.807, 2.05) is 42.1 Å². The number of ether oxygens (including phenoxy) is 1. The van der Waals surface area contributed by atoms with Gasteiger partial charge in [-0.3, -0.25) is 19.4 Å². The van der Waals surface area contributed by atoms with E-state index >= 15 is 0 Å². The van der Waals surface area contributed by atoms with Gasteiger partial charge in [0, 0.05) is 47.2 Å². The Morgan fingerprint density at radius 3 is 2.74 bits per heavy atom. The summed E-state index contributed by atoms with van der Waals surface area (Å²) < 4.78 is 7.37. The van der Waals surface area contributed by atoms with E-state index < -0.39 is 0 Å². The van der Waals surface area contributed by atoms with Crippen molar-refractivity contribution in [3.8, 4) is 17.0 Å². The molecule has 2 unspecified atom stereocenters. The zero-order valence-corrected chi connectivity index (χ0v) is 19.8. The summed E-state index contributed by atoms with van der Waals surface area (Å²) in [6.45, 7) is 0. The molecule has 172 valence electrons. The van der Waals surface area contributed by atoms with Crippen molar-refractivity contribution in [3.63, 3.8) is 0 Å². The standard InChI is InChI=1S/C26H24ClN5O2/c1-31-25(16-10-17(27)13-19(11-16)34-2)20-14-18-4-3-5-23(24(20)30-31)32(18)26(33)15-6-7-21-22(12-15)29-9-8-28-21/h6-13,18,23H,3-5,14H2,1-2H3. The molecule has 0 N–H and O–H groups in total. The van der Waals surface area contributed by atoms with Gasteiger partial charge in [-0.2, -0.15) is 5.10 Å². The summed E-state index contributed by atoms with van der Waals surface area (Å²) >= 11 is 6.38. The first-order valence-electron chi connectivity index (χ1n) is 11.5. The molecule has 0 spiro atoms. The lowest BCUT2D eigenvalue weighted by molar-refractivity contribution is 0.0392. The molecule has 2 bridgehead atoms. The summed E-state index contributed by atoms with van der Waals surface area (Å²) in [5.41, 5.74) is 6.37. The van der Waals surface area contributed by atoms with E-state index in [4.69, 9.17) is 21.4 Å². The fourth-order valence-corrected chi connectivity index (χ4v) is 5.80. The molecule has 2 atom stereocenters. The highest BCUT2D eigenvalue weighted by atomic mass is 35.5. The number of aryl methyl sites for hydroxylation is 1. The van der Waals surface area contributed by atoms with Gasteiger partial charge < -0.3 is 9.64 Å². The first kappa shape index (κ1) is 21.1. The fourth-order valence-electron chi connectivity index (χ4n) is 5.57. The second kappa shape index (κ2) is 8.09. The van der Waals surface area contributed by atoms with Gasteiger partial charge in [-0.05, 0) is 62.1 Å². The van der Waals surface area contributed by atoms with E-state index in [-0.39, 0.29) is 18.0 Å². The van der Waals surface area contributed by atoms with Crippen LogP contribution < -0.4 is 4.74 Å². The number of carbonyl (C=O) groups is 1. The normalized spacial score (nSPS) is 19.2. The molecule has 34 heavy (non-hydrogen) atoms. The van der Waals surface area contributed by atoms with Crippen molar-refractivity contribution < 1.29 is 9.53 Å². The third-order valence-corrected chi connectivity index (χ3v) is 7.23. The van der Waals surface area contributed by atoms with Gasteiger partial charge in [0.05, 0.1) is 35.6 Å². The molecule has 0 saturated carbocycles. The van der Waals surface area contributed by atoms with Crippen LogP contribution >= 0.6 is 11.6 Å². The van der Waals surface area contributed by atoms with Crippen LogP contribution in [0.3, 0.4) is 0 Å².